The van der Waals surface area contributed by atoms with Crippen LogP contribution in [0.1, 0.15) is 0 Å². The van der Waals surface area contributed by atoms with Crippen LogP contribution in [0.4, 0.5) is 5.82 Å². The lowest BCUT2D eigenvalue weighted by Crippen LogP contribution is -2.48. The van der Waals surface area contributed by atoms with Gasteiger partial charge in [0, 0.05) is 32.4 Å². The van der Waals surface area contributed by atoms with E-state index in [4.69, 9.17) is 0 Å². The van der Waals surface area contributed by atoms with Gasteiger partial charge in [0.25, 0.3) is 10.0 Å². The average molecular weight is 310 g/mol. The predicted octanol–water partition coefficient (Wildman–Crippen LogP) is 1.05. The van der Waals surface area contributed by atoms with Gasteiger partial charge in [-0.25, -0.2) is 8.42 Å². The second-order valence-corrected chi connectivity index (χ2v) is 7.52. The van der Waals surface area contributed by atoms with E-state index in [2.05, 4.69) is 10.2 Å². The van der Waals surface area contributed by atoms with E-state index in [0.717, 1.165) is 5.82 Å². The molecule has 20 heavy (non-hydrogen) atoms. The van der Waals surface area contributed by atoms with Gasteiger partial charge in [0.15, 0.2) is 5.82 Å². The molecule has 0 amide bonds. The summed E-state index contributed by atoms with van der Waals surface area (Å²) in [6.07, 6.45) is 1.63. The fourth-order valence-corrected chi connectivity index (χ4v) is 4.72. The fraction of sp³-hybridized carbons (Fsp3) is 0.333. The van der Waals surface area contributed by atoms with Crippen molar-refractivity contribution in [3.05, 3.63) is 35.8 Å². The van der Waals surface area contributed by atoms with Crippen LogP contribution >= 0.6 is 11.3 Å². The summed E-state index contributed by atoms with van der Waals surface area (Å²) >= 11 is 1.26. The highest BCUT2D eigenvalue weighted by atomic mass is 32.2. The number of piperazine rings is 1. The predicted molar refractivity (Wildman–Crippen MR) is 77.3 cm³/mol. The van der Waals surface area contributed by atoms with Gasteiger partial charge in [-0.1, -0.05) is 6.07 Å². The second-order valence-electron chi connectivity index (χ2n) is 4.41. The fourth-order valence-electron chi connectivity index (χ4n) is 2.16. The molecule has 8 heteroatoms. The van der Waals surface area contributed by atoms with E-state index in [9.17, 15) is 8.42 Å². The lowest BCUT2D eigenvalue weighted by Gasteiger charge is -2.34. The number of thiophene rings is 1. The number of sulfonamides is 1. The lowest BCUT2D eigenvalue weighted by atomic mass is 10.3. The Morgan fingerprint density at radius 1 is 1.10 bits per heavy atom. The van der Waals surface area contributed by atoms with Crippen LogP contribution in [0.25, 0.3) is 0 Å². The van der Waals surface area contributed by atoms with Gasteiger partial charge in [0.2, 0.25) is 0 Å². The number of hydrogen-bond donors (Lipinski definition) is 0. The van der Waals surface area contributed by atoms with Crippen molar-refractivity contribution in [3.8, 4) is 0 Å². The van der Waals surface area contributed by atoms with Crippen LogP contribution in [0, 0.1) is 0 Å². The van der Waals surface area contributed by atoms with Crippen LogP contribution in [0.2, 0.25) is 0 Å². The monoisotopic (exact) mass is 310 g/mol. The van der Waals surface area contributed by atoms with Crippen LogP contribution in [0.5, 0.6) is 0 Å². The van der Waals surface area contributed by atoms with Crippen LogP contribution in [-0.2, 0) is 10.0 Å². The van der Waals surface area contributed by atoms with Crippen LogP contribution in [0.15, 0.2) is 40.1 Å². The van der Waals surface area contributed by atoms with Crippen LogP contribution in [-0.4, -0.2) is 49.1 Å². The van der Waals surface area contributed by atoms with E-state index in [-0.39, 0.29) is 0 Å². The molecule has 0 aromatic carbocycles. The summed E-state index contributed by atoms with van der Waals surface area (Å²) in [7, 11) is -3.34. The molecule has 0 aliphatic carbocycles. The number of aromatic nitrogens is 2. The molecular formula is C12H14N4O2S2. The smallest absolute Gasteiger partial charge is 0.252 e. The Kier molecular flexibility index (Phi) is 3.68. The molecular weight excluding hydrogens is 296 g/mol. The first-order valence-electron chi connectivity index (χ1n) is 6.24. The summed E-state index contributed by atoms with van der Waals surface area (Å²) < 4.78 is 26.7. The van der Waals surface area contributed by atoms with E-state index in [1.807, 2.05) is 17.0 Å². The zero-order valence-corrected chi connectivity index (χ0v) is 12.3. The van der Waals surface area contributed by atoms with Crippen molar-refractivity contribution < 1.29 is 8.42 Å². The van der Waals surface area contributed by atoms with Crippen LogP contribution in [0.3, 0.4) is 0 Å². The first-order chi connectivity index (χ1) is 9.68. The topological polar surface area (TPSA) is 66.4 Å². The van der Waals surface area contributed by atoms with Crippen molar-refractivity contribution >= 4 is 27.2 Å². The van der Waals surface area contributed by atoms with Gasteiger partial charge in [-0.3, -0.25) is 0 Å². The Balaban J connectivity index is 1.70. The molecule has 3 heterocycles. The van der Waals surface area contributed by atoms with E-state index in [1.165, 1.54) is 15.6 Å². The van der Waals surface area contributed by atoms with Gasteiger partial charge >= 0.3 is 0 Å². The molecule has 0 radical (unpaired) electrons. The molecule has 1 aliphatic rings. The van der Waals surface area contributed by atoms with Gasteiger partial charge < -0.3 is 4.90 Å². The first kappa shape index (κ1) is 13.5. The van der Waals surface area contributed by atoms with Crippen molar-refractivity contribution in [3.63, 3.8) is 0 Å². The number of rotatable bonds is 3. The molecule has 2 aromatic rings. The van der Waals surface area contributed by atoms with E-state index in [0.29, 0.717) is 30.4 Å². The minimum atomic E-state index is -3.34. The Labute approximate surface area is 121 Å². The quantitative estimate of drug-likeness (QED) is 0.848. The maximum absolute atomic E-state index is 12.4. The SMILES string of the molecule is O=S(=O)(c1cccs1)N1CCN(c2cccnn2)CC1. The van der Waals surface area contributed by atoms with Crippen molar-refractivity contribution in [2.24, 2.45) is 0 Å². The van der Waals surface area contributed by atoms with Gasteiger partial charge in [-0.05, 0) is 23.6 Å². The normalized spacial score (nSPS) is 17.3. The summed E-state index contributed by atoms with van der Waals surface area (Å²) in [4.78, 5) is 2.05. The molecule has 0 unspecified atom stereocenters. The standard InChI is InChI=1S/C12H14N4O2S2/c17-20(18,12-4-2-10-19-12)16-8-6-15(7-9-16)11-3-1-5-13-14-11/h1-5,10H,6-9H2. The zero-order chi connectivity index (χ0) is 14.0. The summed E-state index contributed by atoms with van der Waals surface area (Å²) in [6.45, 7) is 2.19. The third-order valence-electron chi connectivity index (χ3n) is 3.21. The maximum atomic E-state index is 12.4. The van der Waals surface area contributed by atoms with Crippen molar-refractivity contribution in [2.75, 3.05) is 31.1 Å². The third kappa shape index (κ3) is 2.54. The highest BCUT2D eigenvalue weighted by Gasteiger charge is 2.29. The molecule has 0 spiro atoms. The molecule has 1 aliphatic heterocycles. The number of anilines is 1. The molecule has 1 fully saturated rings. The molecule has 0 N–H and O–H groups in total. The summed E-state index contributed by atoms with van der Waals surface area (Å²) in [5.74, 6) is 0.792. The Hall–Kier alpha value is -1.51. The lowest BCUT2D eigenvalue weighted by molar-refractivity contribution is 0.384. The van der Waals surface area contributed by atoms with E-state index in [1.54, 1.807) is 23.7 Å². The molecule has 3 rings (SSSR count). The average Bonchev–Trinajstić information content (AvgIpc) is 3.03. The second kappa shape index (κ2) is 5.47. The molecule has 0 saturated carbocycles. The van der Waals surface area contributed by atoms with E-state index < -0.39 is 10.0 Å². The van der Waals surface area contributed by atoms with Gasteiger partial charge in [-0.2, -0.15) is 9.40 Å². The van der Waals surface area contributed by atoms with Crippen LogP contribution < -0.4 is 4.90 Å². The Morgan fingerprint density at radius 2 is 1.90 bits per heavy atom. The highest BCUT2D eigenvalue weighted by Crippen LogP contribution is 2.22. The number of nitrogens with zero attached hydrogens (tertiary/aromatic N) is 4. The molecule has 106 valence electrons. The first-order valence-corrected chi connectivity index (χ1v) is 8.56. The van der Waals surface area contributed by atoms with Crippen molar-refractivity contribution in [1.82, 2.24) is 14.5 Å². The van der Waals surface area contributed by atoms with Crippen molar-refractivity contribution in [2.45, 2.75) is 4.21 Å². The minimum absolute atomic E-state index is 0.408. The molecule has 2 aromatic heterocycles. The zero-order valence-electron chi connectivity index (χ0n) is 10.7. The van der Waals surface area contributed by atoms with E-state index >= 15 is 0 Å². The summed E-state index contributed by atoms with van der Waals surface area (Å²) in [5.41, 5.74) is 0. The molecule has 6 nitrogen and oxygen atoms in total. The third-order valence-corrected chi connectivity index (χ3v) is 6.48. The van der Waals surface area contributed by atoms with Gasteiger partial charge in [0.1, 0.15) is 4.21 Å². The molecule has 0 atom stereocenters. The molecule has 0 bridgehead atoms. The Bertz CT molecular complexity index is 650. The van der Waals surface area contributed by atoms with Gasteiger partial charge in [-0.15, -0.1) is 16.4 Å². The van der Waals surface area contributed by atoms with Crippen molar-refractivity contribution in [1.29, 1.82) is 0 Å². The summed E-state index contributed by atoms with van der Waals surface area (Å²) in [5, 5.41) is 9.68. The van der Waals surface area contributed by atoms with Gasteiger partial charge in [0.05, 0.1) is 0 Å². The Morgan fingerprint density at radius 3 is 2.50 bits per heavy atom. The maximum Gasteiger partial charge on any atom is 0.252 e. The minimum Gasteiger partial charge on any atom is -0.352 e. The summed E-state index contributed by atoms with van der Waals surface area (Å²) in [6, 6.07) is 7.12. The largest absolute Gasteiger partial charge is 0.352 e. The molecule has 1 saturated heterocycles. The number of hydrogen-bond acceptors (Lipinski definition) is 6. The highest BCUT2D eigenvalue weighted by molar-refractivity contribution is 7.91.